The fourth-order valence-electron chi connectivity index (χ4n) is 1.60. The molecule has 0 saturated carbocycles. The minimum Gasteiger partial charge on any atom is -0.395 e. The molecule has 1 aromatic heterocycles. The van der Waals surface area contributed by atoms with Gasteiger partial charge in [-0.05, 0) is 13.8 Å². The van der Waals surface area contributed by atoms with Gasteiger partial charge in [0.25, 0.3) is 0 Å². The normalized spacial score (nSPS) is 13.5. The number of hydrogen-bond acceptors (Lipinski definition) is 3. The van der Waals surface area contributed by atoms with Gasteiger partial charge >= 0.3 is 0 Å². The third-order valence-electron chi connectivity index (χ3n) is 2.55. The quantitative estimate of drug-likeness (QED) is 0.759. The zero-order valence-electron chi connectivity index (χ0n) is 9.99. The van der Waals surface area contributed by atoms with E-state index in [0.717, 1.165) is 12.2 Å². The molecule has 0 aliphatic rings. The molecule has 0 fully saturated rings. The maximum absolute atomic E-state index is 9.24. The molecular formula is C11H21N3O. The molecule has 4 nitrogen and oxygen atoms in total. The molecule has 0 aliphatic heterocycles. The van der Waals surface area contributed by atoms with Gasteiger partial charge in [0.1, 0.15) is 0 Å². The summed E-state index contributed by atoms with van der Waals surface area (Å²) in [4.78, 5) is 4.24. The van der Waals surface area contributed by atoms with Crippen molar-refractivity contribution in [3.05, 3.63) is 17.7 Å². The number of aromatic nitrogens is 2. The molecule has 86 valence electrons. The van der Waals surface area contributed by atoms with Crippen LogP contribution >= 0.6 is 0 Å². The van der Waals surface area contributed by atoms with Crippen molar-refractivity contribution in [2.24, 2.45) is 0 Å². The summed E-state index contributed by atoms with van der Waals surface area (Å²) in [6.07, 6.45) is 1.83. The molecule has 1 unspecified atom stereocenters. The molecule has 1 heterocycles. The molecule has 2 N–H and O–H groups in total. The van der Waals surface area contributed by atoms with Crippen LogP contribution in [-0.4, -0.2) is 33.3 Å². The molecule has 1 rings (SSSR count). The Morgan fingerprint density at radius 1 is 1.47 bits per heavy atom. The lowest BCUT2D eigenvalue weighted by atomic mass is 10.2. The number of rotatable bonds is 5. The van der Waals surface area contributed by atoms with E-state index in [1.807, 2.05) is 20.2 Å². The van der Waals surface area contributed by atoms with Gasteiger partial charge in [0.05, 0.1) is 18.6 Å². The van der Waals surface area contributed by atoms with Gasteiger partial charge in [-0.15, -0.1) is 0 Å². The van der Waals surface area contributed by atoms with Crippen LogP contribution in [0, 0.1) is 13.8 Å². The molecular weight excluding hydrogens is 190 g/mol. The van der Waals surface area contributed by atoms with Crippen LogP contribution in [0.4, 0.5) is 0 Å². The smallest absolute Gasteiger partial charge is 0.0951 e. The molecule has 1 atom stereocenters. The Bertz CT molecular complexity index is 307. The summed E-state index contributed by atoms with van der Waals surface area (Å²) < 4.78 is 2.08. The highest BCUT2D eigenvalue weighted by molar-refractivity contribution is 5.08. The molecule has 0 aliphatic carbocycles. The maximum Gasteiger partial charge on any atom is 0.0951 e. The van der Waals surface area contributed by atoms with Crippen LogP contribution in [-0.2, 0) is 6.54 Å². The first-order chi connectivity index (χ1) is 7.04. The molecule has 0 spiro atoms. The number of hydrogen-bond donors (Lipinski definition) is 2. The predicted molar refractivity (Wildman–Crippen MR) is 60.8 cm³/mol. The summed E-state index contributed by atoms with van der Waals surface area (Å²) >= 11 is 0. The molecule has 0 aromatic carbocycles. The average Bonchev–Trinajstić information content (AvgIpc) is 2.48. The van der Waals surface area contributed by atoms with Gasteiger partial charge < -0.3 is 15.0 Å². The monoisotopic (exact) mass is 211 g/mol. The van der Waals surface area contributed by atoms with E-state index in [1.165, 1.54) is 5.69 Å². The van der Waals surface area contributed by atoms with Gasteiger partial charge in [0.15, 0.2) is 0 Å². The van der Waals surface area contributed by atoms with Crippen molar-refractivity contribution in [1.29, 1.82) is 0 Å². The van der Waals surface area contributed by atoms with Crippen LogP contribution in [0.15, 0.2) is 6.33 Å². The standard InChI is InChI=1S/C11H21N3O/c1-8(2)13-11(6-15)5-14-7-12-9(3)10(14)4/h7-8,11,13,15H,5-6H2,1-4H3. The molecule has 15 heavy (non-hydrogen) atoms. The van der Waals surface area contributed by atoms with Crippen molar-refractivity contribution in [2.75, 3.05) is 6.61 Å². The minimum absolute atomic E-state index is 0.0947. The van der Waals surface area contributed by atoms with Crippen molar-refractivity contribution in [1.82, 2.24) is 14.9 Å². The summed E-state index contributed by atoms with van der Waals surface area (Å²) in [5.74, 6) is 0. The largest absolute Gasteiger partial charge is 0.395 e. The van der Waals surface area contributed by atoms with Crippen molar-refractivity contribution in [3.8, 4) is 0 Å². The maximum atomic E-state index is 9.24. The van der Waals surface area contributed by atoms with E-state index < -0.39 is 0 Å². The van der Waals surface area contributed by atoms with Gasteiger partial charge in [-0.3, -0.25) is 0 Å². The second-order valence-corrected chi connectivity index (χ2v) is 4.27. The van der Waals surface area contributed by atoms with Crippen molar-refractivity contribution < 1.29 is 5.11 Å². The summed E-state index contributed by atoms with van der Waals surface area (Å²) in [7, 11) is 0. The van der Waals surface area contributed by atoms with Crippen molar-refractivity contribution >= 4 is 0 Å². The number of aliphatic hydroxyl groups excluding tert-OH is 1. The average molecular weight is 211 g/mol. The fraction of sp³-hybridized carbons (Fsp3) is 0.727. The van der Waals surface area contributed by atoms with Crippen LogP contribution in [0.25, 0.3) is 0 Å². The second-order valence-electron chi connectivity index (χ2n) is 4.27. The van der Waals surface area contributed by atoms with Crippen molar-refractivity contribution in [3.63, 3.8) is 0 Å². The first kappa shape index (κ1) is 12.2. The Morgan fingerprint density at radius 2 is 2.13 bits per heavy atom. The third-order valence-corrected chi connectivity index (χ3v) is 2.55. The summed E-state index contributed by atoms with van der Waals surface area (Å²) in [5.41, 5.74) is 2.22. The Hall–Kier alpha value is -0.870. The zero-order valence-corrected chi connectivity index (χ0v) is 9.99. The van der Waals surface area contributed by atoms with Gasteiger partial charge in [-0.2, -0.15) is 0 Å². The highest BCUT2D eigenvalue weighted by atomic mass is 16.3. The molecule has 0 amide bonds. The molecule has 4 heteroatoms. The van der Waals surface area contributed by atoms with Gasteiger partial charge in [-0.1, -0.05) is 13.8 Å². The Labute approximate surface area is 91.3 Å². The molecule has 0 bridgehead atoms. The van der Waals surface area contributed by atoms with E-state index in [2.05, 4.69) is 28.7 Å². The number of aliphatic hydroxyl groups is 1. The zero-order chi connectivity index (χ0) is 11.4. The fourth-order valence-corrected chi connectivity index (χ4v) is 1.60. The second kappa shape index (κ2) is 5.28. The van der Waals surface area contributed by atoms with Gasteiger partial charge in [0, 0.05) is 24.3 Å². The summed E-state index contributed by atoms with van der Waals surface area (Å²) in [6.45, 7) is 9.11. The number of nitrogens with one attached hydrogen (secondary N) is 1. The van der Waals surface area contributed by atoms with Gasteiger partial charge in [-0.25, -0.2) is 4.98 Å². The molecule has 1 aromatic rings. The SMILES string of the molecule is Cc1ncn(CC(CO)NC(C)C)c1C. The van der Waals surface area contributed by atoms with Crippen LogP contribution in [0.5, 0.6) is 0 Å². The Morgan fingerprint density at radius 3 is 2.53 bits per heavy atom. The Balaban J connectivity index is 2.62. The van der Waals surface area contributed by atoms with E-state index in [1.54, 1.807) is 0 Å². The lowest BCUT2D eigenvalue weighted by Crippen LogP contribution is -2.40. The predicted octanol–water partition coefficient (Wildman–Crippen LogP) is 0.859. The summed E-state index contributed by atoms with van der Waals surface area (Å²) in [5, 5.41) is 12.6. The third kappa shape index (κ3) is 3.32. The van der Waals surface area contributed by atoms with E-state index in [4.69, 9.17) is 0 Å². The van der Waals surface area contributed by atoms with Crippen LogP contribution < -0.4 is 5.32 Å². The molecule has 0 saturated heterocycles. The Kier molecular flexibility index (Phi) is 4.29. The number of aryl methyl sites for hydroxylation is 1. The topological polar surface area (TPSA) is 50.1 Å². The highest BCUT2D eigenvalue weighted by Crippen LogP contribution is 2.05. The van der Waals surface area contributed by atoms with E-state index >= 15 is 0 Å². The number of nitrogens with zero attached hydrogens (tertiary/aromatic N) is 2. The van der Waals surface area contributed by atoms with E-state index in [0.29, 0.717) is 6.04 Å². The first-order valence-electron chi connectivity index (χ1n) is 5.39. The van der Waals surface area contributed by atoms with Crippen LogP contribution in [0.3, 0.4) is 0 Å². The minimum atomic E-state index is 0.0947. The van der Waals surface area contributed by atoms with E-state index in [-0.39, 0.29) is 12.6 Å². The van der Waals surface area contributed by atoms with Crippen LogP contribution in [0.1, 0.15) is 25.2 Å². The van der Waals surface area contributed by atoms with Gasteiger partial charge in [0.2, 0.25) is 0 Å². The first-order valence-corrected chi connectivity index (χ1v) is 5.39. The summed E-state index contributed by atoms with van der Waals surface area (Å²) in [6, 6.07) is 0.476. The van der Waals surface area contributed by atoms with E-state index in [9.17, 15) is 5.11 Å². The molecule has 0 radical (unpaired) electrons. The van der Waals surface area contributed by atoms with Crippen molar-refractivity contribution in [2.45, 2.75) is 46.3 Å². The number of imidazole rings is 1. The van der Waals surface area contributed by atoms with Crippen LogP contribution in [0.2, 0.25) is 0 Å². The lowest BCUT2D eigenvalue weighted by molar-refractivity contribution is 0.221. The lowest BCUT2D eigenvalue weighted by Gasteiger charge is -2.20. The highest BCUT2D eigenvalue weighted by Gasteiger charge is 2.11.